The van der Waals surface area contributed by atoms with Gasteiger partial charge < -0.3 is 10.2 Å². The van der Waals surface area contributed by atoms with Gasteiger partial charge in [0.1, 0.15) is 5.54 Å². The highest BCUT2D eigenvalue weighted by molar-refractivity contribution is 7.89. The normalized spacial score (nSPS) is 19.7. The summed E-state index contributed by atoms with van der Waals surface area (Å²) in [4.78, 5) is 28.1. The van der Waals surface area contributed by atoms with Gasteiger partial charge >= 0.3 is 0 Å². The first-order valence-electron chi connectivity index (χ1n) is 10.9. The molecule has 8 heteroatoms. The molecule has 2 aromatic rings. The molecule has 0 radical (unpaired) electrons. The van der Waals surface area contributed by atoms with Crippen molar-refractivity contribution in [3.05, 3.63) is 65.7 Å². The topological polar surface area (TPSA) is 86.8 Å². The fourth-order valence-electron chi connectivity index (χ4n) is 3.87. The molecular weight excluding hydrogens is 426 g/mol. The van der Waals surface area contributed by atoms with Gasteiger partial charge in [0.2, 0.25) is 21.8 Å². The molecule has 1 heterocycles. The lowest BCUT2D eigenvalue weighted by Crippen LogP contribution is -2.69. The van der Waals surface area contributed by atoms with Crippen LogP contribution in [0.2, 0.25) is 0 Å². The van der Waals surface area contributed by atoms with Gasteiger partial charge in [0.15, 0.2) is 0 Å². The van der Waals surface area contributed by atoms with Gasteiger partial charge in [-0.3, -0.25) is 9.59 Å². The average Bonchev–Trinajstić information content (AvgIpc) is 2.78. The Morgan fingerprint density at radius 1 is 1.09 bits per heavy atom. The molecule has 0 spiro atoms. The predicted octanol–water partition coefficient (Wildman–Crippen LogP) is 2.70. The Morgan fingerprint density at radius 2 is 1.75 bits per heavy atom. The third-order valence-electron chi connectivity index (χ3n) is 5.87. The van der Waals surface area contributed by atoms with Gasteiger partial charge in [-0.25, -0.2) is 8.42 Å². The number of benzene rings is 2. The summed E-state index contributed by atoms with van der Waals surface area (Å²) >= 11 is 0. The SMILES string of the molecule is CCCCN1C(=O)CN(S(=O)(=O)c2ccccc2)C[C@]1(C)C(=O)NCc1ccc(C)cc1. The van der Waals surface area contributed by atoms with Crippen LogP contribution < -0.4 is 5.32 Å². The van der Waals surface area contributed by atoms with E-state index in [-0.39, 0.29) is 29.8 Å². The molecular formula is C24H31N3O4S. The number of unbranched alkanes of at least 4 members (excludes halogenated alkanes) is 1. The summed E-state index contributed by atoms with van der Waals surface area (Å²) in [5, 5.41) is 2.91. The van der Waals surface area contributed by atoms with Crippen LogP contribution in [0.1, 0.15) is 37.8 Å². The lowest BCUT2D eigenvalue weighted by Gasteiger charge is -2.46. The van der Waals surface area contributed by atoms with E-state index >= 15 is 0 Å². The maximum atomic E-state index is 13.4. The number of carbonyl (C=O) groups is 2. The minimum absolute atomic E-state index is 0.0978. The van der Waals surface area contributed by atoms with E-state index < -0.39 is 15.6 Å². The molecule has 1 aliphatic heterocycles. The minimum Gasteiger partial charge on any atom is -0.350 e. The highest BCUT2D eigenvalue weighted by atomic mass is 32.2. The second-order valence-corrected chi connectivity index (χ2v) is 10.4. The van der Waals surface area contributed by atoms with Crippen LogP contribution in [0, 0.1) is 6.92 Å². The quantitative estimate of drug-likeness (QED) is 0.660. The molecule has 1 N–H and O–H groups in total. The van der Waals surface area contributed by atoms with E-state index in [1.807, 2.05) is 38.1 Å². The van der Waals surface area contributed by atoms with Gasteiger partial charge in [-0.2, -0.15) is 4.31 Å². The van der Waals surface area contributed by atoms with Gasteiger partial charge in [0.25, 0.3) is 0 Å². The first kappa shape index (κ1) is 23.9. The third kappa shape index (κ3) is 5.02. The van der Waals surface area contributed by atoms with Crippen molar-refractivity contribution in [3.8, 4) is 0 Å². The zero-order valence-corrected chi connectivity index (χ0v) is 19.7. The van der Waals surface area contributed by atoms with E-state index in [1.165, 1.54) is 17.0 Å². The molecule has 2 aromatic carbocycles. The molecule has 0 saturated carbocycles. The van der Waals surface area contributed by atoms with Crippen molar-refractivity contribution in [1.82, 2.24) is 14.5 Å². The van der Waals surface area contributed by atoms with Gasteiger partial charge in [-0.15, -0.1) is 0 Å². The van der Waals surface area contributed by atoms with Gasteiger partial charge in [-0.1, -0.05) is 61.4 Å². The van der Waals surface area contributed by atoms with Crippen LogP contribution >= 0.6 is 0 Å². The molecule has 1 aliphatic rings. The van der Waals surface area contributed by atoms with Crippen LogP contribution in [0.15, 0.2) is 59.5 Å². The molecule has 2 amide bonds. The lowest BCUT2D eigenvalue weighted by molar-refractivity contribution is -0.152. The number of rotatable bonds is 8. The van der Waals surface area contributed by atoms with Crippen molar-refractivity contribution < 1.29 is 18.0 Å². The van der Waals surface area contributed by atoms with Crippen LogP contribution in [-0.2, 0) is 26.2 Å². The number of amides is 2. The molecule has 1 atom stereocenters. The highest BCUT2D eigenvalue weighted by Gasteiger charge is 2.50. The van der Waals surface area contributed by atoms with Crippen LogP contribution in [0.4, 0.5) is 0 Å². The number of nitrogens with one attached hydrogen (secondary N) is 1. The van der Waals surface area contributed by atoms with Gasteiger partial charge in [-0.05, 0) is 38.0 Å². The lowest BCUT2D eigenvalue weighted by atomic mass is 9.95. The molecule has 0 bridgehead atoms. The highest BCUT2D eigenvalue weighted by Crippen LogP contribution is 2.28. The minimum atomic E-state index is -3.91. The number of carbonyl (C=O) groups excluding carboxylic acids is 2. The summed E-state index contributed by atoms with van der Waals surface area (Å²) < 4.78 is 27.5. The zero-order chi connectivity index (χ0) is 23.4. The summed E-state index contributed by atoms with van der Waals surface area (Å²) in [6.45, 7) is 5.98. The second-order valence-electron chi connectivity index (χ2n) is 8.43. The fourth-order valence-corrected chi connectivity index (χ4v) is 5.37. The third-order valence-corrected chi connectivity index (χ3v) is 7.68. The average molecular weight is 458 g/mol. The van der Waals surface area contributed by atoms with E-state index in [9.17, 15) is 18.0 Å². The van der Waals surface area contributed by atoms with Crippen molar-refractivity contribution in [2.75, 3.05) is 19.6 Å². The maximum Gasteiger partial charge on any atom is 0.247 e. The number of piperazine rings is 1. The molecule has 3 rings (SSSR count). The molecule has 7 nitrogen and oxygen atoms in total. The van der Waals surface area contributed by atoms with E-state index in [0.29, 0.717) is 13.1 Å². The molecule has 1 saturated heterocycles. The van der Waals surface area contributed by atoms with Crippen molar-refractivity contribution in [2.45, 2.75) is 50.6 Å². The van der Waals surface area contributed by atoms with E-state index in [1.54, 1.807) is 25.1 Å². The number of aryl methyl sites for hydroxylation is 1. The van der Waals surface area contributed by atoms with Crippen molar-refractivity contribution >= 4 is 21.8 Å². The van der Waals surface area contributed by atoms with E-state index in [2.05, 4.69) is 5.32 Å². The second kappa shape index (κ2) is 9.83. The molecule has 0 aliphatic carbocycles. The van der Waals surface area contributed by atoms with E-state index in [0.717, 1.165) is 28.3 Å². The fraction of sp³-hybridized carbons (Fsp3) is 0.417. The van der Waals surface area contributed by atoms with Crippen LogP contribution in [0.3, 0.4) is 0 Å². The molecule has 0 unspecified atom stereocenters. The summed E-state index contributed by atoms with van der Waals surface area (Å²) in [6.07, 6.45) is 1.59. The van der Waals surface area contributed by atoms with Crippen molar-refractivity contribution in [2.24, 2.45) is 0 Å². The Bertz CT molecular complexity index is 1050. The summed E-state index contributed by atoms with van der Waals surface area (Å²) in [7, 11) is -3.91. The smallest absolute Gasteiger partial charge is 0.247 e. The Hall–Kier alpha value is -2.71. The molecule has 32 heavy (non-hydrogen) atoms. The molecule has 1 fully saturated rings. The number of sulfonamides is 1. The Balaban J connectivity index is 1.87. The summed E-state index contributed by atoms with van der Waals surface area (Å²) in [6, 6.07) is 15.8. The number of hydrogen-bond acceptors (Lipinski definition) is 4. The van der Waals surface area contributed by atoms with Crippen molar-refractivity contribution in [1.29, 1.82) is 0 Å². The Labute approximate surface area is 190 Å². The van der Waals surface area contributed by atoms with Crippen LogP contribution in [0.5, 0.6) is 0 Å². The summed E-state index contributed by atoms with van der Waals surface area (Å²) in [5.41, 5.74) is 0.748. The molecule has 172 valence electrons. The Kier molecular flexibility index (Phi) is 7.36. The first-order chi connectivity index (χ1) is 15.2. The van der Waals surface area contributed by atoms with Gasteiger partial charge in [0, 0.05) is 19.6 Å². The monoisotopic (exact) mass is 457 g/mol. The van der Waals surface area contributed by atoms with Gasteiger partial charge in [0.05, 0.1) is 11.4 Å². The van der Waals surface area contributed by atoms with Crippen LogP contribution in [-0.4, -0.2) is 54.6 Å². The summed E-state index contributed by atoms with van der Waals surface area (Å²) in [5.74, 6) is -0.729. The zero-order valence-electron chi connectivity index (χ0n) is 18.9. The number of hydrogen-bond donors (Lipinski definition) is 1. The largest absolute Gasteiger partial charge is 0.350 e. The van der Waals surface area contributed by atoms with E-state index in [4.69, 9.17) is 0 Å². The maximum absolute atomic E-state index is 13.4. The van der Waals surface area contributed by atoms with Crippen LogP contribution in [0.25, 0.3) is 0 Å². The van der Waals surface area contributed by atoms with Crippen molar-refractivity contribution in [3.63, 3.8) is 0 Å². The molecule has 0 aromatic heterocycles. The predicted molar refractivity (Wildman–Crippen MR) is 123 cm³/mol. The standard InChI is InChI=1S/C24H31N3O4S/c1-4-5-15-27-22(28)17-26(32(30,31)21-9-7-6-8-10-21)18-24(27,3)23(29)25-16-20-13-11-19(2)12-14-20/h6-14H,4-5,15-18H2,1-3H3,(H,25,29)/t24-/m1/s1. The Morgan fingerprint density at radius 3 is 2.38 bits per heavy atom. The first-order valence-corrected chi connectivity index (χ1v) is 12.3. The number of nitrogens with zero attached hydrogens (tertiary/aromatic N) is 2.